The Balaban J connectivity index is 1.67. The largest absolute Gasteiger partial charge is 0.389 e. The summed E-state index contributed by atoms with van der Waals surface area (Å²) in [7, 11) is 1.94. The smallest absolute Gasteiger partial charge is 0.0771 e. The second-order valence-electron chi connectivity index (χ2n) is 5.59. The molecule has 1 aromatic rings. The van der Waals surface area contributed by atoms with E-state index in [0.29, 0.717) is 0 Å². The molecule has 4 heteroatoms. The summed E-state index contributed by atoms with van der Waals surface area (Å²) in [6.07, 6.45) is 11.7. The third kappa shape index (κ3) is 4.10. The first-order valence-corrected chi connectivity index (χ1v) is 7.09. The molecule has 0 radical (unpaired) electrons. The summed E-state index contributed by atoms with van der Waals surface area (Å²) >= 11 is 0. The molecule has 0 saturated heterocycles. The fourth-order valence-electron chi connectivity index (χ4n) is 2.72. The van der Waals surface area contributed by atoms with Crippen LogP contribution in [0.4, 0.5) is 0 Å². The van der Waals surface area contributed by atoms with Gasteiger partial charge in [-0.25, -0.2) is 0 Å². The summed E-state index contributed by atoms with van der Waals surface area (Å²) in [6, 6.07) is 0. The van der Waals surface area contributed by atoms with Gasteiger partial charge in [-0.2, -0.15) is 5.10 Å². The standard InChI is InChI=1S/C14H25N3O/c1-17-11-13(10-16-17)6-9-15-12-14(18)7-4-2-3-5-8-14/h10-11,15,18H,2-9,12H2,1H3. The van der Waals surface area contributed by atoms with E-state index in [1.807, 2.05) is 24.1 Å². The minimum Gasteiger partial charge on any atom is -0.389 e. The molecular formula is C14H25N3O. The van der Waals surface area contributed by atoms with Crippen LogP contribution in [0.3, 0.4) is 0 Å². The first-order chi connectivity index (χ1) is 8.68. The summed E-state index contributed by atoms with van der Waals surface area (Å²) in [5, 5.41) is 18.0. The van der Waals surface area contributed by atoms with E-state index in [-0.39, 0.29) is 0 Å². The number of aromatic nitrogens is 2. The fourth-order valence-corrected chi connectivity index (χ4v) is 2.72. The minimum atomic E-state index is -0.467. The predicted octanol–water partition coefficient (Wildman–Crippen LogP) is 1.64. The molecule has 0 atom stereocenters. The Morgan fingerprint density at radius 1 is 1.33 bits per heavy atom. The highest BCUT2D eigenvalue weighted by Crippen LogP contribution is 2.26. The molecule has 0 aliphatic heterocycles. The lowest BCUT2D eigenvalue weighted by molar-refractivity contribution is 0.0256. The van der Waals surface area contributed by atoms with Gasteiger partial charge in [0.15, 0.2) is 0 Å². The molecule has 0 bridgehead atoms. The number of rotatable bonds is 5. The van der Waals surface area contributed by atoms with Crippen molar-refractivity contribution in [3.63, 3.8) is 0 Å². The third-order valence-corrected chi connectivity index (χ3v) is 3.84. The van der Waals surface area contributed by atoms with Gasteiger partial charge in [-0.15, -0.1) is 0 Å². The van der Waals surface area contributed by atoms with Gasteiger partial charge < -0.3 is 10.4 Å². The van der Waals surface area contributed by atoms with E-state index in [1.165, 1.54) is 31.2 Å². The predicted molar refractivity (Wildman–Crippen MR) is 72.4 cm³/mol. The van der Waals surface area contributed by atoms with Crippen molar-refractivity contribution in [2.24, 2.45) is 7.05 Å². The van der Waals surface area contributed by atoms with Crippen LogP contribution in [-0.4, -0.2) is 33.6 Å². The zero-order valence-electron chi connectivity index (χ0n) is 11.4. The molecule has 0 spiro atoms. The van der Waals surface area contributed by atoms with Crippen LogP contribution in [0.5, 0.6) is 0 Å². The lowest BCUT2D eigenvalue weighted by Gasteiger charge is -2.26. The zero-order chi connectivity index (χ0) is 12.8. The maximum absolute atomic E-state index is 10.5. The molecule has 1 aromatic heterocycles. The second kappa shape index (κ2) is 6.34. The van der Waals surface area contributed by atoms with Gasteiger partial charge in [0.05, 0.1) is 11.8 Å². The Kier molecular flexibility index (Phi) is 4.78. The average molecular weight is 251 g/mol. The van der Waals surface area contributed by atoms with Crippen molar-refractivity contribution < 1.29 is 5.11 Å². The molecule has 4 nitrogen and oxygen atoms in total. The average Bonchev–Trinajstić information content (AvgIpc) is 2.63. The molecule has 1 fully saturated rings. The number of nitrogens with zero attached hydrogens (tertiary/aromatic N) is 2. The normalized spacial score (nSPS) is 19.7. The van der Waals surface area contributed by atoms with E-state index in [1.54, 1.807) is 0 Å². The van der Waals surface area contributed by atoms with Crippen LogP contribution >= 0.6 is 0 Å². The first kappa shape index (κ1) is 13.6. The van der Waals surface area contributed by atoms with Crippen LogP contribution in [0.25, 0.3) is 0 Å². The summed E-state index contributed by atoms with van der Waals surface area (Å²) in [5.74, 6) is 0. The Morgan fingerprint density at radius 2 is 2.06 bits per heavy atom. The van der Waals surface area contributed by atoms with Crippen molar-refractivity contribution in [3.8, 4) is 0 Å². The fraction of sp³-hybridized carbons (Fsp3) is 0.786. The number of hydrogen-bond donors (Lipinski definition) is 2. The maximum Gasteiger partial charge on any atom is 0.0771 e. The van der Waals surface area contributed by atoms with Crippen molar-refractivity contribution in [1.29, 1.82) is 0 Å². The van der Waals surface area contributed by atoms with Crippen molar-refractivity contribution in [3.05, 3.63) is 18.0 Å². The van der Waals surface area contributed by atoms with Crippen LogP contribution in [0.15, 0.2) is 12.4 Å². The highest BCUT2D eigenvalue weighted by molar-refractivity contribution is 5.03. The molecular weight excluding hydrogens is 226 g/mol. The van der Waals surface area contributed by atoms with E-state index < -0.39 is 5.60 Å². The van der Waals surface area contributed by atoms with Gasteiger partial charge in [0.1, 0.15) is 0 Å². The van der Waals surface area contributed by atoms with Gasteiger partial charge in [0.25, 0.3) is 0 Å². The van der Waals surface area contributed by atoms with Crippen LogP contribution in [0, 0.1) is 0 Å². The second-order valence-corrected chi connectivity index (χ2v) is 5.59. The van der Waals surface area contributed by atoms with E-state index in [2.05, 4.69) is 10.4 Å². The molecule has 0 amide bonds. The van der Waals surface area contributed by atoms with E-state index in [4.69, 9.17) is 0 Å². The minimum absolute atomic E-state index is 0.467. The number of nitrogens with one attached hydrogen (secondary N) is 1. The van der Waals surface area contributed by atoms with E-state index >= 15 is 0 Å². The van der Waals surface area contributed by atoms with Crippen molar-refractivity contribution in [2.45, 2.75) is 50.5 Å². The highest BCUT2D eigenvalue weighted by atomic mass is 16.3. The Hall–Kier alpha value is -0.870. The third-order valence-electron chi connectivity index (χ3n) is 3.84. The molecule has 2 N–H and O–H groups in total. The summed E-state index contributed by atoms with van der Waals surface area (Å²) < 4.78 is 1.83. The Morgan fingerprint density at radius 3 is 2.67 bits per heavy atom. The van der Waals surface area contributed by atoms with Gasteiger partial charge in [-0.3, -0.25) is 4.68 Å². The lowest BCUT2D eigenvalue weighted by Crippen LogP contribution is -2.40. The van der Waals surface area contributed by atoms with Gasteiger partial charge in [-0.1, -0.05) is 25.7 Å². The molecule has 102 valence electrons. The van der Waals surface area contributed by atoms with Gasteiger partial charge in [0, 0.05) is 19.8 Å². The van der Waals surface area contributed by atoms with Crippen molar-refractivity contribution >= 4 is 0 Å². The van der Waals surface area contributed by atoms with E-state index in [9.17, 15) is 5.11 Å². The maximum atomic E-state index is 10.5. The number of aliphatic hydroxyl groups is 1. The van der Waals surface area contributed by atoms with Crippen LogP contribution in [0.2, 0.25) is 0 Å². The van der Waals surface area contributed by atoms with Crippen LogP contribution in [0.1, 0.15) is 44.1 Å². The molecule has 0 unspecified atom stereocenters. The molecule has 18 heavy (non-hydrogen) atoms. The van der Waals surface area contributed by atoms with Crippen molar-refractivity contribution in [2.75, 3.05) is 13.1 Å². The summed E-state index contributed by atoms with van der Waals surface area (Å²) in [5.41, 5.74) is 0.781. The zero-order valence-corrected chi connectivity index (χ0v) is 11.4. The lowest BCUT2D eigenvalue weighted by atomic mass is 9.94. The number of aryl methyl sites for hydroxylation is 1. The Labute approximate surface area is 109 Å². The monoisotopic (exact) mass is 251 g/mol. The molecule has 0 aromatic carbocycles. The van der Waals surface area contributed by atoms with Crippen molar-refractivity contribution in [1.82, 2.24) is 15.1 Å². The molecule has 1 saturated carbocycles. The first-order valence-electron chi connectivity index (χ1n) is 7.09. The molecule has 2 rings (SSSR count). The highest BCUT2D eigenvalue weighted by Gasteiger charge is 2.27. The quantitative estimate of drug-likeness (QED) is 0.618. The topological polar surface area (TPSA) is 50.1 Å². The number of hydrogen-bond acceptors (Lipinski definition) is 3. The Bertz CT molecular complexity index is 354. The van der Waals surface area contributed by atoms with Crippen LogP contribution in [-0.2, 0) is 13.5 Å². The van der Waals surface area contributed by atoms with Crippen LogP contribution < -0.4 is 5.32 Å². The van der Waals surface area contributed by atoms with E-state index in [0.717, 1.165) is 32.4 Å². The summed E-state index contributed by atoms with van der Waals surface area (Å²) in [4.78, 5) is 0. The molecule has 1 aliphatic rings. The SMILES string of the molecule is Cn1cc(CCNCC2(O)CCCCCC2)cn1. The molecule has 1 heterocycles. The van der Waals surface area contributed by atoms with Gasteiger partial charge in [-0.05, 0) is 31.4 Å². The summed E-state index contributed by atoms with van der Waals surface area (Å²) in [6.45, 7) is 1.64. The van der Waals surface area contributed by atoms with Gasteiger partial charge >= 0.3 is 0 Å². The van der Waals surface area contributed by atoms with Gasteiger partial charge in [0.2, 0.25) is 0 Å². The molecule has 1 aliphatic carbocycles.